The van der Waals surface area contributed by atoms with Crippen LogP contribution in [0.3, 0.4) is 0 Å². The van der Waals surface area contributed by atoms with E-state index in [1.54, 1.807) is 0 Å². The molecule has 1 aliphatic heterocycles. The fourth-order valence-corrected chi connectivity index (χ4v) is 2.50. The van der Waals surface area contributed by atoms with Gasteiger partial charge in [0.2, 0.25) is 5.91 Å². The largest absolute Gasteiger partial charge is 0.487 e. The lowest BCUT2D eigenvalue weighted by Gasteiger charge is -2.38. The van der Waals surface area contributed by atoms with Gasteiger partial charge >= 0.3 is 0 Å². The number of rotatable bonds is 3. The molecule has 4 heteroatoms. The summed E-state index contributed by atoms with van der Waals surface area (Å²) in [5.41, 5.74) is 7.22. The second-order valence-electron chi connectivity index (χ2n) is 5.73. The van der Waals surface area contributed by atoms with E-state index in [4.69, 9.17) is 10.5 Å². The molecule has 1 aromatic rings. The number of fused-ring (bicyclic) bond motifs is 1. The maximum Gasteiger partial charge on any atom is 0.220 e. The zero-order valence-corrected chi connectivity index (χ0v) is 11.8. The number of amides is 1. The maximum atomic E-state index is 11.8. The second-order valence-corrected chi connectivity index (χ2v) is 5.73. The first kappa shape index (κ1) is 13.7. The van der Waals surface area contributed by atoms with Crippen molar-refractivity contribution in [2.75, 3.05) is 5.73 Å². The van der Waals surface area contributed by atoms with Crippen LogP contribution < -0.4 is 15.8 Å². The average molecular weight is 262 g/mol. The van der Waals surface area contributed by atoms with Gasteiger partial charge < -0.3 is 15.8 Å². The highest BCUT2D eigenvalue weighted by molar-refractivity contribution is 5.76. The van der Waals surface area contributed by atoms with Gasteiger partial charge in [-0.15, -0.1) is 0 Å². The molecule has 0 spiro atoms. The van der Waals surface area contributed by atoms with Crippen LogP contribution in [-0.4, -0.2) is 11.5 Å². The number of hydrogen-bond acceptors (Lipinski definition) is 3. The molecule has 1 unspecified atom stereocenters. The molecule has 2 rings (SSSR count). The van der Waals surface area contributed by atoms with E-state index >= 15 is 0 Å². The van der Waals surface area contributed by atoms with Gasteiger partial charge in [0.25, 0.3) is 0 Å². The predicted molar refractivity (Wildman–Crippen MR) is 76.0 cm³/mol. The Morgan fingerprint density at radius 1 is 1.53 bits per heavy atom. The highest BCUT2D eigenvalue weighted by atomic mass is 16.5. The number of hydrogen-bond donors (Lipinski definition) is 2. The molecule has 1 heterocycles. The van der Waals surface area contributed by atoms with Crippen molar-refractivity contribution in [3.63, 3.8) is 0 Å². The lowest BCUT2D eigenvalue weighted by molar-refractivity contribution is -0.122. The van der Waals surface area contributed by atoms with Crippen LogP contribution in [0.2, 0.25) is 0 Å². The minimum Gasteiger partial charge on any atom is -0.487 e. The number of ether oxygens (including phenoxy) is 1. The van der Waals surface area contributed by atoms with E-state index in [0.29, 0.717) is 12.1 Å². The molecule has 1 atom stereocenters. The zero-order chi connectivity index (χ0) is 14.0. The van der Waals surface area contributed by atoms with Gasteiger partial charge in [-0.05, 0) is 38.5 Å². The summed E-state index contributed by atoms with van der Waals surface area (Å²) in [6.45, 7) is 6.07. The molecule has 19 heavy (non-hydrogen) atoms. The van der Waals surface area contributed by atoms with Crippen molar-refractivity contribution < 1.29 is 9.53 Å². The zero-order valence-electron chi connectivity index (χ0n) is 11.8. The Bertz CT molecular complexity index is 483. The maximum absolute atomic E-state index is 11.8. The van der Waals surface area contributed by atoms with Gasteiger partial charge in [-0.25, -0.2) is 0 Å². The Labute approximate surface area is 114 Å². The summed E-state index contributed by atoms with van der Waals surface area (Å²) in [5.74, 6) is 0.894. The highest BCUT2D eigenvalue weighted by Gasteiger charge is 2.34. The summed E-state index contributed by atoms with van der Waals surface area (Å²) < 4.78 is 5.94. The van der Waals surface area contributed by atoms with Crippen LogP contribution in [0.5, 0.6) is 5.75 Å². The molecule has 1 aromatic carbocycles. The summed E-state index contributed by atoms with van der Waals surface area (Å²) in [5, 5.41) is 3.08. The van der Waals surface area contributed by atoms with Gasteiger partial charge in [-0.1, -0.05) is 6.92 Å². The highest BCUT2D eigenvalue weighted by Crippen LogP contribution is 2.40. The third-order valence-corrected chi connectivity index (χ3v) is 3.30. The Hall–Kier alpha value is -1.71. The third kappa shape index (κ3) is 3.19. The van der Waals surface area contributed by atoms with Crippen molar-refractivity contribution in [2.24, 2.45) is 0 Å². The normalized spacial score (nSPS) is 20.3. The molecule has 1 amide bonds. The van der Waals surface area contributed by atoms with Crippen LogP contribution in [0.15, 0.2) is 18.2 Å². The van der Waals surface area contributed by atoms with Crippen molar-refractivity contribution in [3.8, 4) is 5.75 Å². The van der Waals surface area contributed by atoms with Crippen molar-refractivity contribution in [3.05, 3.63) is 23.8 Å². The molecule has 0 aliphatic carbocycles. The average Bonchev–Trinajstić information content (AvgIpc) is 2.29. The number of carbonyl (C=O) groups excluding carboxylic acids is 1. The summed E-state index contributed by atoms with van der Waals surface area (Å²) in [7, 11) is 0. The number of benzene rings is 1. The molecular formula is C15H22N2O2. The van der Waals surface area contributed by atoms with Gasteiger partial charge in [0.15, 0.2) is 0 Å². The van der Waals surface area contributed by atoms with E-state index in [1.165, 1.54) is 0 Å². The van der Waals surface area contributed by atoms with Gasteiger partial charge in [0.1, 0.15) is 11.4 Å². The monoisotopic (exact) mass is 262 g/mol. The Kier molecular flexibility index (Phi) is 3.69. The van der Waals surface area contributed by atoms with E-state index in [0.717, 1.165) is 24.2 Å². The lowest BCUT2D eigenvalue weighted by Crippen LogP contribution is -2.41. The van der Waals surface area contributed by atoms with Crippen LogP contribution >= 0.6 is 0 Å². The Morgan fingerprint density at radius 2 is 2.26 bits per heavy atom. The fraction of sp³-hybridized carbons (Fsp3) is 0.533. The standard InChI is InChI=1S/C15H22N2O2/c1-4-5-14(18)17-12-9-15(2,3)19-13-7-6-10(16)8-11(12)13/h6-8,12H,4-5,9,16H2,1-3H3,(H,17,18). The predicted octanol–water partition coefficient (Wildman–Crippen LogP) is 2.79. The number of nitrogens with two attached hydrogens (primary N) is 1. The van der Waals surface area contributed by atoms with Crippen LogP contribution in [-0.2, 0) is 4.79 Å². The summed E-state index contributed by atoms with van der Waals surface area (Å²) in [4.78, 5) is 11.8. The third-order valence-electron chi connectivity index (χ3n) is 3.30. The van der Waals surface area contributed by atoms with Gasteiger partial charge in [-0.2, -0.15) is 0 Å². The van der Waals surface area contributed by atoms with Crippen LogP contribution in [0.25, 0.3) is 0 Å². The molecule has 104 valence electrons. The fourth-order valence-electron chi connectivity index (χ4n) is 2.50. The Balaban J connectivity index is 2.28. The van der Waals surface area contributed by atoms with Crippen molar-refractivity contribution in [1.29, 1.82) is 0 Å². The minimum absolute atomic E-state index is 0.0266. The molecule has 0 radical (unpaired) electrons. The topological polar surface area (TPSA) is 64.3 Å². The van der Waals surface area contributed by atoms with Crippen molar-refractivity contribution >= 4 is 11.6 Å². The minimum atomic E-state index is -0.284. The molecule has 0 saturated heterocycles. The molecule has 1 aliphatic rings. The lowest BCUT2D eigenvalue weighted by atomic mass is 9.89. The molecular weight excluding hydrogens is 240 g/mol. The van der Waals surface area contributed by atoms with E-state index < -0.39 is 0 Å². The summed E-state index contributed by atoms with van der Waals surface area (Å²) in [6, 6.07) is 5.57. The molecule has 0 saturated carbocycles. The first-order valence-corrected chi connectivity index (χ1v) is 6.79. The van der Waals surface area contributed by atoms with Crippen molar-refractivity contribution in [1.82, 2.24) is 5.32 Å². The molecule has 0 bridgehead atoms. The second kappa shape index (κ2) is 5.11. The summed E-state index contributed by atoms with van der Waals surface area (Å²) >= 11 is 0. The smallest absolute Gasteiger partial charge is 0.220 e. The number of carbonyl (C=O) groups is 1. The molecule has 3 N–H and O–H groups in total. The van der Waals surface area contributed by atoms with E-state index in [2.05, 4.69) is 5.32 Å². The van der Waals surface area contributed by atoms with E-state index in [9.17, 15) is 4.79 Å². The van der Waals surface area contributed by atoms with Crippen LogP contribution in [0, 0.1) is 0 Å². The van der Waals surface area contributed by atoms with Crippen LogP contribution in [0.4, 0.5) is 5.69 Å². The van der Waals surface area contributed by atoms with E-state index in [-0.39, 0.29) is 17.6 Å². The summed E-state index contributed by atoms with van der Waals surface area (Å²) in [6.07, 6.45) is 2.15. The van der Waals surface area contributed by atoms with Gasteiger partial charge in [0, 0.05) is 24.1 Å². The first-order valence-electron chi connectivity index (χ1n) is 6.79. The number of nitrogen functional groups attached to an aromatic ring is 1. The molecule has 0 aromatic heterocycles. The number of nitrogens with one attached hydrogen (secondary N) is 1. The SMILES string of the molecule is CCCC(=O)NC1CC(C)(C)Oc2ccc(N)cc21. The Morgan fingerprint density at radius 3 is 2.95 bits per heavy atom. The van der Waals surface area contributed by atoms with Crippen LogP contribution in [0.1, 0.15) is 51.6 Å². The molecule has 4 nitrogen and oxygen atoms in total. The first-order chi connectivity index (χ1) is 8.91. The van der Waals surface area contributed by atoms with E-state index in [1.807, 2.05) is 39.0 Å². The molecule has 0 fully saturated rings. The van der Waals surface area contributed by atoms with Gasteiger partial charge in [-0.3, -0.25) is 4.79 Å². The van der Waals surface area contributed by atoms with Gasteiger partial charge in [0.05, 0.1) is 6.04 Å². The quantitative estimate of drug-likeness (QED) is 0.823. The number of anilines is 1. The van der Waals surface area contributed by atoms with Crippen molar-refractivity contribution in [2.45, 2.75) is 51.7 Å².